The van der Waals surface area contributed by atoms with Gasteiger partial charge in [-0.2, -0.15) is 8.42 Å². The molecule has 3 rings (SSSR count). The van der Waals surface area contributed by atoms with Crippen molar-refractivity contribution in [1.29, 1.82) is 0 Å². The molecule has 162 valence electrons. The minimum Gasteiger partial charge on any atom is -0.481 e. The minimum atomic E-state index is -3.80. The third-order valence-corrected chi connectivity index (χ3v) is 6.74. The number of thioether (sulfide) groups is 1. The number of aliphatic carboxylic acids is 1. The molecule has 1 N–H and O–H groups in total. The van der Waals surface area contributed by atoms with Crippen LogP contribution >= 0.6 is 24.0 Å². The number of hydrogen-bond acceptors (Lipinski definition) is 7. The van der Waals surface area contributed by atoms with Crippen molar-refractivity contribution in [3.8, 4) is 5.75 Å². The maximum absolute atomic E-state index is 12.5. The van der Waals surface area contributed by atoms with E-state index in [-0.39, 0.29) is 30.4 Å². The van der Waals surface area contributed by atoms with Crippen LogP contribution in [0.15, 0.2) is 59.5 Å². The maximum atomic E-state index is 12.5. The monoisotopic (exact) mass is 477 g/mol. The van der Waals surface area contributed by atoms with E-state index >= 15 is 0 Å². The van der Waals surface area contributed by atoms with Crippen LogP contribution in [0.2, 0.25) is 0 Å². The molecule has 1 aliphatic rings. The first-order valence-electron chi connectivity index (χ1n) is 9.27. The number of amides is 1. The highest BCUT2D eigenvalue weighted by Gasteiger charge is 2.31. The molecule has 31 heavy (non-hydrogen) atoms. The van der Waals surface area contributed by atoms with Gasteiger partial charge in [0.25, 0.3) is 5.91 Å². The summed E-state index contributed by atoms with van der Waals surface area (Å²) in [4.78, 5) is 25.0. The first kappa shape index (κ1) is 23.0. The van der Waals surface area contributed by atoms with Crippen LogP contribution in [-0.2, 0) is 25.5 Å². The summed E-state index contributed by atoms with van der Waals surface area (Å²) in [7, 11) is -3.80. The summed E-state index contributed by atoms with van der Waals surface area (Å²) in [6, 6.07) is 15.1. The fourth-order valence-electron chi connectivity index (χ4n) is 2.81. The van der Waals surface area contributed by atoms with Crippen molar-refractivity contribution in [2.24, 2.45) is 0 Å². The van der Waals surface area contributed by atoms with Gasteiger partial charge in [0.15, 0.2) is 0 Å². The minimum absolute atomic E-state index is 0.0370. The summed E-state index contributed by atoms with van der Waals surface area (Å²) >= 11 is 6.36. The molecule has 0 saturated carbocycles. The summed E-state index contributed by atoms with van der Waals surface area (Å²) < 4.78 is 30.0. The Morgan fingerprint density at radius 3 is 2.45 bits per heavy atom. The van der Waals surface area contributed by atoms with Gasteiger partial charge in [0.05, 0.1) is 4.91 Å². The van der Waals surface area contributed by atoms with Crippen LogP contribution in [0.4, 0.5) is 0 Å². The van der Waals surface area contributed by atoms with Crippen molar-refractivity contribution in [2.75, 3.05) is 6.54 Å². The zero-order valence-electron chi connectivity index (χ0n) is 16.3. The fraction of sp³-hybridized carbons (Fsp3) is 0.190. The van der Waals surface area contributed by atoms with Crippen LogP contribution in [0.3, 0.4) is 0 Å². The van der Waals surface area contributed by atoms with Crippen molar-refractivity contribution in [2.45, 2.75) is 18.6 Å². The van der Waals surface area contributed by atoms with E-state index in [9.17, 15) is 18.0 Å². The van der Waals surface area contributed by atoms with E-state index in [4.69, 9.17) is 21.5 Å². The molecular weight excluding hydrogens is 458 g/mol. The normalized spacial score (nSPS) is 15.5. The summed E-state index contributed by atoms with van der Waals surface area (Å²) in [5.74, 6) is -1.26. The Bertz CT molecular complexity index is 1110. The molecule has 0 spiro atoms. The molecule has 1 amide bonds. The van der Waals surface area contributed by atoms with Gasteiger partial charge in [0.2, 0.25) is 0 Å². The highest BCUT2D eigenvalue weighted by molar-refractivity contribution is 8.26. The molecule has 1 saturated heterocycles. The Hall–Kier alpha value is -2.69. The summed E-state index contributed by atoms with van der Waals surface area (Å²) in [6.07, 6.45) is 1.93. The molecule has 1 heterocycles. The average molecular weight is 478 g/mol. The molecular formula is C21H19NO6S3. The molecule has 1 aliphatic heterocycles. The predicted molar refractivity (Wildman–Crippen MR) is 123 cm³/mol. The van der Waals surface area contributed by atoms with Crippen molar-refractivity contribution in [1.82, 2.24) is 4.90 Å². The second kappa shape index (κ2) is 10.1. The third kappa shape index (κ3) is 6.65. The summed E-state index contributed by atoms with van der Waals surface area (Å²) in [5, 5.41) is 8.73. The van der Waals surface area contributed by atoms with Gasteiger partial charge < -0.3 is 9.29 Å². The van der Waals surface area contributed by atoms with Crippen LogP contribution in [0.25, 0.3) is 6.08 Å². The number of carboxylic acid groups (broad SMARTS) is 1. The van der Waals surface area contributed by atoms with Crippen molar-refractivity contribution >= 4 is 56.4 Å². The molecule has 2 aromatic rings. The Kier molecular flexibility index (Phi) is 7.47. The van der Waals surface area contributed by atoms with Crippen molar-refractivity contribution in [3.05, 3.63) is 70.6 Å². The number of hydrogen-bond donors (Lipinski definition) is 1. The second-order valence-electron chi connectivity index (χ2n) is 6.67. The molecule has 2 aromatic carbocycles. The number of carboxylic acids is 1. The van der Waals surface area contributed by atoms with Gasteiger partial charge in [0.1, 0.15) is 15.8 Å². The van der Waals surface area contributed by atoms with Crippen LogP contribution < -0.4 is 4.18 Å². The van der Waals surface area contributed by atoms with E-state index in [2.05, 4.69) is 0 Å². The molecule has 10 heteroatoms. The van der Waals surface area contributed by atoms with E-state index in [1.54, 1.807) is 48.5 Å². The Labute approximate surface area is 189 Å². The number of nitrogens with zero attached hydrogens (tertiary/aromatic N) is 1. The Balaban J connectivity index is 1.63. The highest BCUT2D eigenvalue weighted by atomic mass is 32.2. The Morgan fingerprint density at radius 1 is 1.13 bits per heavy atom. The number of carbonyl (C=O) groups excluding carboxylic acids is 1. The maximum Gasteiger partial charge on any atom is 0.313 e. The molecule has 1 fully saturated rings. The van der Waals surface area contributed by atoms with Crippen LogP contribution in [0, 0.1) is 0 Å². The quantitative estimate of drug-likeness (QED) is 0.332. The first-order chi connectivity index (χ1) is 14.7. The third-order valence-electron chi connectivity index (χ3n) is 4.23. The van der Waals surface area contributed by atoms with Gasteiger partial charge in [-0.1, -0.05) is 66.4 Å². The first-order valence-corrected chi connectivity index (χ1v) is 12.1. The molecule has 0 bridgehead atoms. The van der Waals surface area contributed by atoms with Gasteiger partial charge in [-0.25, -0.2) is 0 Å². The fourth-order valence-corrected chi connectivity index (χ4v) is 5.18. The Morgan fingerprint density at radius 2 is 1.81 bits per heavy atom. The summed E-state index contributed by atoms with van der Waals surface area (Å²) in [6.45, 7) is 0.250. The van der Waals surface area contributed by atoms with E-state index in [0.717, 1.165) is 11.8 Å². The molecule has 0 radical (unpaired) electrons. The number of carbonyl (C=O) groups is 2. The smallest absolute Gasteiger partial charge is 0.313 e. The standard InChI is InChI=1S/C21H19NO6S3/c23-19(24)7-4-12-22-20(25)18(30-21(22)29)13-15-8-10-17(11-9-15)28-31(26,27)14-16-5-2-1-3-6-16/h1-3,5-6,8-11,13H,4,7,12,14H2,(H,23,24)/b18-13-. The second-order valence-corrected chi connectivity index (χ2v) is 9.92. The lowest BCUT2D eigenvalue weighted by atomic mass is 10.2. The zero-order chi connectivity index (χ0) is 22.4. The number of rotatable bonds is 9. The molecule has 0 unspecified atom stereocenters. The highest BCUT2D eigenvalue weighted by Crippen LogP contribution is 2.33. The van der Waals surface area contributed by atoms with Gasteiger partial charge >= 0.3 is 16.1 Å². The lowest BCUT2D eigenvalue weighted by Gasteiger charge is -2.13. The van der Waals surface area contributed by atoms with Crippen LogP contribution in [0.1, 0.15) is 24.0 Å². The van der Waals surface area contributed by atoms with E-state index in [1.807, 2.05) is 0 Å². The molecule has 0 atom stereocenters. The predicted octanol–water partition coefficient (Wildman–Crippen LogP) is 3.66. The molecule has 7 nitrogen and oxygen atoms in total. The zero-order valence-corrected chi connectivity index (χ0v) is 18.7. The van der Waals surface area contributed by atoms with Gasteiger partial charge in [0, 0.05) is 13.0 Å². The van der Waals surface area contributed by atoms with E-state index in [1.165, 1.54) is 17.0 Å². The van der Waals surface area contributed by atoms with Crippen molar-refractivity contribution < 1.29 is 27.3 Å². The molecule has 0 aromatic heterocycles. The average Bonchev–Trinajstić information content (AvgIpc) is 2.97. The van der Waals surface area contributed by atoms with Gasteiger partial charge in [-0.3, -0.25) is 14.5 Å². The molecule has 0 aliphatic carbocycles. The van der Waals surface area contributed by atoms with Gasteiger partial charge in [-0.15, -0.1) is 0 Å². The van der Waals surface area contributed by atoms with Crippen LogP contribution in [-0.4, -0.2) is 41.2 Å². The lowest BCUT2D eigenvalue weighted by molar-refractivity contribution is -0.137. The topological polar surface area (TPSA) is 101 Å². The SMILES string of the molecule is O=C(O)CCCN1C(=O)/C(=C/c2ccc(OS(=O)(=O)Cc3ccccc3)cc2)SC1=S. The van der Waals surface area contributed by atoms with Crippen molar-refractivity contribution in [3.63, 3.8) is 0 Å². The summed E-state index contributed by atoms with van der Waals surface area (Å²) in [5.41, 5.74) is 1.31. The number of thiocarbonyl (C=S) groups is 1. The van der Waals surface area contributed by atoms with Gasteiger partial charge in [-0.05, 0) is 35.8 Å². The van der Waals surface area contributed by atoms with E-state index < -0.39 is 16.1 Å². The number of benzene rings is 2. The lowest BCUT2D eigenvalue weighted by Crippen LogP contribution is -2.29. The van der Waals surface area contributed by atoms with E-state index in [0.29, 0.717) is 26.8 Å². The van der Waals surface area contributed by atoms with Crippen LogP contribution in [0.5, 0.6) is 5.75 Å². The largest absolute Gasteiger partial charge is 0.481 e.